The number of aryl methyl sites for hydroxylation is 1. The van der Waals surface area contributed by atoms with Gasteiger partial charge in [-0.3, -0.25) is 0 Å². The fraction of sp³-hybridized carbons (Fsp3) is 0.357. The van der Waals surface area contributed by atoms with Gasteiger partial charge in [0, 0.05) is 25.4 Å². The van der Waals surface area contributed by atoms with Crippen LogP contribution in [0, 0.1) is 0 Å². The fourth-order valence-electron chi connectivity index (χ4n) is 1.96. The summed E-state index contributed by atoms with van der Waals surface area (Å²) in [4.78, 5) is 4.21. The summed E-state index contributed by atoms with van der Waals surface area (Å²) in [6.07, 6.45) is 3.58. The topological polar surface area (TPSA) is 47.3 Å². The highest BCUT2D eigenvalue weighted by molar-refractivity contribution is 5.27. The van der Waals surface area contributed by atoms with Crippen LogP contribution in [0.1, 0.15) is 24.4 Å². The predicted octanol–water partition coefficient (Wildman–Crippen LogP) is 2.19. The van der Waals surface area contributed by atoms with E-state index in [2.05, 4.69) is 4.98 Å². The van der Waals surface area contributed by atoms with Crippen molar-refractivity contribution in [3.05, 3.63) is 48.0 Å². The van der Waals surface area contributed by atoms with Crippen molar-refractivity contribution in [2.45, 2.75) is 26.0 Å². The van der Waals surface area contributed by atoms with E-state index in [1.54, 1.807) is 13.3 Å². The minimum atomic E-state index is -0.576. The number of hydrogen-bond donors (Lipinski definition) is 1. The van der Waals surface area contributed by atoms with Gasteiger partial charge in [0.1, 0.15) is 17.7 Å². The second-order valence-electron chi connectivity index (χ2n) is 4.14. The molecule has 4 nitrogen and oxygen atoms in total. The lowest BCUT2D eigenvalue weighted by Crippen LogP contribution is -2.10. The molecule has 0 bridgehead atoms. The van der Waals surface area contributed by atoms with E-state index in [4.69, 9.17) is 4.74 Å². The smallest absolute Gasteiger partial charge is 0.137 e. The van der Waals surface area contributed by atoms with E-state index in [1.807, 2.05) is 42.0 Å². The monoisotopic (exact) mass is 246 g/mol. The molecule has 1 unspecified atom stereocenters. The molecule has 18 heavy (non-hydrogen) atoms. The minimum absolute atomic E-state index is 0.557. The lowest BCUT2D eigenvalue weighted by molar-refractivity contribution is 0.164. The first-order valence-corrected chi connectivity index (χ1v) is 6.06. The molecule has 0 saturated heterocycles. The zero-order valence-electron chi connectivity index (χ0n) is 10.7. The lowest BCUT2D eigenvalue weighted by Gasteiger charge is -2.12. The summed E-state index contributed by atoms with van der Waals surface area (Å²) in [5, 5.41) is 10.2. The van der Waals surface area contributed by atoms with Crippen LogP contribution in [0.3, 0.4) is 0 Å². The van der Waals surface area contributed by atoms with E-state index in [-0.39, 0.29) is 0 Å². The van der Waals surface area contributed by atoms with Crippen molar-refractivity contribution in [3.63, 3.8) is 0 Å². The summed E-state index contributed by atoms with van der Waals surface area (Å²) in [5.41, 5.74) is 1.06. The maximum atomic E-state index is 10.2. The number of imidazole rings is 1. The summed E-state index contributed by atoms with van der Waals surface area (Å²) < 4.78 is 7.06. The molecule has 0 radical (unpaired) electrons. The van der Waals surface area contributed by atoms with E-state index >= 15 is 0 Å². The molecule has 1 heterocycles. The third-order valence-electron chi connectivity index (χ3n) is 2.97. The van der Waals surface area contributed by atoms with Gasteiger partial charge in [-0.1, -0.05) is 12.1 Å². The Morgan fingerprint density at radius 1 is 1.33 bits per heavy atom. The molecule has 0 amide bonds. The van der Waals surface area contributed by atoms with E-state index in [0.717, 1.165) is 17.9 Å². The van der Waals surface area contributed by atoms with Gasteiger partial charge in [0.15, 0.2) is 0 Å². The van der Waals surface area contributed by atoms with Crippen LogP contribution in [0.5, 0.6) is 5.75 Å². The Labute approximate surface area is 107 Å². The molecular formula is C14H18N2O2. The van der Waals surface area contributed by atoms with Gasteiger partial charge in [-0.15, -0.1) is 0 Å². The molecule has 1 N–H and O–H groups in total. The Balaban J connectivity index is 2.08. The van der Waals surface area contributed by atoms with E-state index < -0.39 is 6.10 Å². The maximum absolute atomic E-state index is 10.2. The highest BCUT2D eigenvalue weighted by Gasteiger charge is 2.13. The average molecular weight is 246 g/mol. The highest BCUT2D eigenvalue weighted by Crippen LogP contribution is 2.19. The van der Waals surface area contributed by atoms with Crippen molar-refractivity contribution in [2.24, 2.45) is 0 Å². The normalized spacial score (nSPS) is 12.4. The number of aliphatic hydroxyl groups excluding tert-OH is 1. The molecule has 0 aliphatic carbocycles. The van der Waals surface area contributed by atoms with Crippen molar-refractivity contribution in [1.82, 2.24) is 9.55 Å². The number of methoxy groups -OCH3 is 1. The first-order chi connectivity index (χ1) is 8.74. The summed E-state index contributed by atoms with van der Waals surface area (Å²) in [6, 6.07) is 7.71. The average Bonchev–Trinajstić information content (AvgIpc) is 2.88. The second kappa shape index (κ2) is 5.69. The molecule has 96 valence electrons. The van der Waals surface area contributed by atoms with Crippen LogP contribution < -0.4 is 4.74 Å². The molecule has 1 aromatic heterocycles. The van der Waals surface area contributed by atoms with Crippen molar-refractivity contribution in [3.8, 4) is 5.75 Å². The molecule has 1 aromatic carbocycles. The summed E-state index contributed by atoms with van der Waals surface area (Å²) in [7, 11) is 1.64. The van der Waals surface area contributed by atoms with Gasteiger partial charge in [-0.25, -0.2) is 4.98 Å². The highest BCUT2D eigenvalue weighted by atomic mass is 16.5. The Morgan fingerprint density at radius 2 is 2.06 bits per heavy atom. The zero-order valence-corrected chi connectivity index (χ0v) is 10.7. The number of nitrogens with zero attached hydrogens (tertiary/aromatic N) is 2. The molecule has 2 rings (SSSR count). The van der Waals surface area contributed by atoms with Crippen LogP contribution in [0.25, 0.3) is 0 Å². The number of hydrogen-bond acceptors (Lipinski definition) is 3. The quantitative estimate of drug-likeness (QED) is 0.879. The van der Waals surface area contributed by atoms with Crippen molar-refractivity contribution >= 4 is 0 Å². The predicted molar refractivity (Wildman–Crippen MR) is 69.6 cm³/mol. The Hall–Kier alpha value is -1.81. The van der Waals surface area contributed by atoms with E-state index in [0.29, 0.717) is 12.2 Å². The summed E-state index contributed by atoms with van der Waals surface area (Å²) in [5.74, 6) is 1.54. The van der Waals surface area contributed by atoms with Gasteiger partial charge >= 0.3 is 0 Å². The van der Waals surface area contributed by atoms with Gasteiger partial charge in [-0.05, 0) is 24.6 Å². The fourth-order valence-corrected chi connectivity index (χ4v) is 1.96. The van der Waals surface area contributed by atoms with Crippen molar-refractivity contribution < 1.29 is 9.84 Å². The standard InChI is InChI=1S/C14H18N2O2/c1-3-16-9-8-15-14(16)13(17)10-11-4-6-12(18-2)7-5-11/h4-9,13,17H,3,10H2,1-2H3. The number of aromatic nitrogens is 2. The zero-order chi connectivity index (χ0) is 13.0. The molecule has 0 aliphatic rings. The van der Waals surface area contributed by atoms with Gasteiger partial charge in [0.2, 0.25) is 0 Å². The number of rotatable bonds is 5. The van der Waals surface area contributed by atoms with Gasteiger partial charge < -0.3 is 14.4 Å². The number of aliphatic hydroxyl groups is 1. The summed E-state index contributed by atoms with van der Waals surface area (Å²) in [6.45, 7) is 2.85. The molecular weight excluding hydrogens is 228 g/mol. The van der Waals surface area contributed by atoms with Crippen LogP contribution in [0.2, 0.25) is 0 Å². The first-order valence-electron chi connectivity index (χ1n) is 6.06. The third-order valence-corrected chi connectivity index (χ3v) is 2.97. The minimum Gasteiger partial charge on any atom is -0.497 e. The second-order valence-corrected chi connectivity index (χ2v) is 4.14. The summed E-state index contributed by atoms with van der Waals surface area (Å²) >= 11 is 0. The molecule has 0 fully saturated rings. The largest absolute Gasteiger partial charge is 0.497 e. The van der Waals surface area contributed by atoms with Crippen LogP contribution in [-0.2, 0) is 13.0 Å². The van der Waals surface area contributed by atoms with Crippen LogP contribution >= 0.6 is 0 Å². The molecule has 1 atom stereocenters. The number of benzene rings is 1. The molecule has 2 aromatic rings. The first kappa shape index (κ1) is 12.6. The third kappa shape index (κ3) is 2.71. The van der Waals surface area contributed by atoms with Crippen molar-refractivity contribution in [1.29, 1.82) is 0 Å². The molecule has 0 spiro atoms. The van der Waals surface area contributed by atoms with Gasteiger partial charge in [0.25, 0.3) is 0 Å². The lowest BCUT2D eigenvalue weighted by atomic mass is 10.1. The van der Waals surface area contributed by atoms with Crippen LogP contribution in [0.4, 0.5) is 0 Å². The maximum Gasteiger partial charge on any atom is 0.137 e. The Bertz CT molecular complexity index is 491. The van der Waals surface area contributed by atoms with Crippen molar-refractivity contribution in [2.75, 3.05) is 7.11 Å². The van der Waals surface area contributed by atoms with E-state index in [9.17, 15) is 5.11 Å². The van der Waals surface area contributed by atoms with Gasteiger partial charge in [0.05, 0.1) is 7.11 Å². The molecule has 4 heteroatoms. The van der Waals surface area contributed by atoms with Gasteiger partial charge in [-0.2, -0.15) is 0 Å². The molecule has 0 saturated carbocycles. The van der Waals surface area contributed by atoms with Crippen LogP contribution in [-0.4, -0.2) is 21.8 Å². The Morgan fingerprint density at radius 3 is 2.67 bits per heavy atom. The SMILES string of the molecule is CCn1ccnc1C(O)Cc1ccc(OC)cc1. The number of ether oxygens (including phenoxy) is 1. The molecule has 0 aliphatic heterocycles. The Kier molecular flexibility index (Phi) is 3.99. The van der Waals surface area contributed by atoms with Crippen LogP contribution in [0.15, 0.2) is 36.7 Å². The van der Waals surface area contributed by atoms with E-state index in [1.165, 1.54) is 0 Å².